The van der Waals surface area contributed by atoms with Crippen LogP contribution < -0.4 is 4.90 Å². The average molecular weight is 426 g/mol. The Labute approximate surface area is 180 Å². The maximum atomic E-state index is 12.5. The van der Waals surface area contributed by atoms with Gasteiger partial charge in [-0.3, -0.25) is 10.1 Å². The summed E-state index contributed by atoms with van der Waals surface area (Å²) in [4.78, 5) is 37.2. The summed E-state index contributed by atoms with van der Waals surface area (Å²) in [5.74, 6) is -0.211. The highest BCUT2D eigenvalue weighted by Gasteiger charge is 2.28. The van der Waals surface area contributed by atoms with Gasteiger partial charge in [0.05, 0.1) is 23.2 Å². The van der Waals surface area contributed by atoms with Gasteiger partial charge in [0.25, 0.3) is 5.69 Å². The topological polar surface area (TPSA) is 99.0 Å². The quantitative estimate of drug-likeness (QED) is 0.387. The molecule has 0 spiro atoms. The van der Waals surface area contributed by atoms with Gasteiger partial charge in [-0.15, -0.1) is 0 Å². The molecule has 3 rings (SSSR count). The minimum Gasteiger partial charge on any atom is -0.465 e. The number of hydrogen-bond acceptors (Lipinski definition) is 7. The Morgan fingerprint density at radius 1 is 1.03 bits per heavy atom. The molecule has 0 bridgehead atoms. The second-order valence-corrected chi connectivity index (χ2v) is 8.08. The fourth-order valence-corrected chi connectivity index (χ4v) is 4.01. The Morgan fingerprint density at radius 2 is 1.65 bits per heavy atom. The third kappa shape index (κ3) is 5.39. The van der Waals surface area contributed by atoms with E-state index in [-0.39, 0.29) is 17.9 Å². The van der Waals surface area contributed by atoms with E-state index in [0.29, 0.717) is 28.7 Å². The van der Waals surface area contributed by atoms with E-state index in [9.17, 15) is 19.7 Å². The summed E-state index contributed by atoms with van der Waals surface area (Å²) >= 11 is 0. The van der Waals surface area contributed by atoms with E-state index in [2.05, 4.69) is 18.6 Å². The highest BCUT2D eigenvalue weighted by molar-refractivity contribution is 5.91. The van der Waals surface area contributed by atoms with Crippen LogP contribution in [0.2, 0.25) is 0 Å². The zero-order valence-corrected chi connectivity index (χ0v) is 17.9. The van der Waals surface area contributed by atoms with E-state index in [1.807, 2.05) is 4.90 Å². The molecule has 1 saturated heterocycles. The fraction of sp³-hybridized carbons (Fsp3) is 0.391. The van der Waals surface area contributed by atoms with Gasteiger partial charge >= 0.3 is 11.9 Å². The second kappa shape index (κ2) is 9.59. The lowest BCUT2D eigenvalue weighted by molar-refractivity contribution is -0.384. The first kappa shape index (κ1) is 22.3. The molecular weight excluding hydrogens is 400 g/mol. The summed E-state index contributed by atoms with van der Waals surface area (Å²) in [6.07, 6.45) is 1.09. The van der Waals surface area contributed by atoms with Crippen molar-refractivity contribution in [2.24, 2.45) is 11.8 Å². The van der Waals surface area contributed by atoms with Crippen LogP contribution in [0.1, 0.15) is 46.5 Å². The fourth-order valence-electron chi connectivity index (χ4n) is 4.01. The minimum atomic E-state index is -0.646. The van der Waals surface area contributed by atoms with Crippen molar-refractivity contribution >= 4 is 23.3 Å². The van der Waals surface area contributed by atoms with Crippen LogP contribution in [0.4, 0.5) is 11.4 Å². The van der Waals surface area contributed by atoms with E-state index in [1.165, 1.54) is 13.2 Å². The second-order valence-electron chi connectivity index (χ2n) is 8.08. The molecule has 0 saturated carbocycles. The normalized spacial score (nSPS) is 18.4. The van der Waals surface area contributed by atoms with Gasteiger partial charge in [-0.05, 0) is 48.1 Å². The predicted octanol–water partition coefficient (Wildman–Crippen LogP) is 4.22. The molecule has 0 amide bonds. The van der Waals surface area contributed by atoms with Crippen LogP contribution in [-0.2, 0) is 16.1 Å². The highest BCUT2D eigenvalue weighted by Crippen LogP contribution is 2.34. The van der Waals surface area contributed by atoms with Crippen LogP contribution in [0.3, 0.4) is 0 Å². The Kier molecular flexibility index (Phi) is 6.89. The van der Waals surface area contributed by atoms with Crippen molar-refractivity contribution in [1.29, 1.82) is 0 Å². The largest absolute Gasteiger partial charge is 0.465 e. The summed E-state index contributed by atoms with van der Waals surface area (Å²) in [6.45, 7) is 5.75. The Hall–Kier alpha value is -3.42. The van der Waals surface area contributed by atoms with E-state index in [1.54, 1.807) is 36.4 Å². The number of nitrogens with zero attached hydrogens (tertiary/aromatic N) is 2. The number of esters is 2. The number of benzene rings is 2. The number of ether oxygens (including phenoxy) is 2. The molecular formula is C23H26N2O6. The lowest BCUT2D eigenvalue weighted by Gasteiger charge is -2.36. The number of methoxy groups -OCH3 is 1. The third-order valence-electron chi connectivity index (χ3n) is 5.36. The molecule has 2 atom stereocenters. The molecule has 1 fully saturated rings. The summed E-state index contributed by atoms with van der Waals surface area (Å²) in [5, 5.41) is 11.7. The summed E-state index contributed by atoms with van der Waals surface area (Å²) in [6, 6.07) is 10.9. The maximum absolute atomic E-state index is 12.5. The van der Waals surface area contributed by atoms with Gasteiger partial charge in [0.1, 0.15) is 12.3 Å². The van der Waals surface area contributed by atoms with Crippen molar-refractivity contribution < 1.29 is 24.0 Å². The number of carbonyl (C=O) groups excluding carboxylic acids is 2. The number of nitro groups is 1. The summed E-state index contributed by atoms with van der Waals surface area (Å²) in [7, 11) is 1.30. The van der Waals surface area contributed by atoms with Crippen molar-refractivity contribution in [3.05, 3.63) is 69.3 Å². The predicted molar refractivity (Wildman–Crippen MR) is 115 cm³/mol. The van der Waals surface area contributed by atoms with Crippen LogP contribution in [-0.4, -0.2) is 37.1 Å². The van der Waals surface area contributed by atoms with E-state index in [0.717, 1.165) is 19.5 Å². The molecule has 2 aromatic carbocycles. The van der Waals surface area contributed by atoms with Crippen molar-refractivity contribution in [2.75, 3.05) is 25.1 Å². The van der Waals surface area contributed by atoms with Crippen molar-refractivity contribution in [1.82, 2.24) is 0 Å². The molecule has 0 aromatic heterocycles. The Morgan fingerprint density at radius 3 is 2.23 bits per heavy atom. The number of nitro benzene ring substituents is 1. The molecule has 1 aliphatic heterocycles. The standard InChI is InChI=1S/C23H26N2O6/c1-15-10-16(2)13-24(12-15)20-9-8-19(11-21(20)25(28)29)23(27)31-14-17-4-6-18(7-5-17)22(26)30-3/h4-9,11,15-16H,10,12-14H2,1-3H3. The van der Waals surface area contributed by atoms with Gasteiger partial charge in [-0.25, -0.2) is 9.59 Å². The zero-order valence-electron chi connectivity index (χ0n) is 17.9. The molecule has 1 aliphatic rings. The van der Waals surface area contributed by atoms with E-state index < -0.39 is 16.9 Å². The van der Waals surface area contributed by atoms with Gasteiger partial charge in [-0.1, -0.05) is 26.0 Å². The number of hydrogen-bond donors (Lipinski definition) is 0. The molecule has 0 N–H and O–H groups in total. The smallest absolute Gasteiger partial charge is 0.338 e. The molecule has 0 radical (unpaired) electrons. The van der Waals surface area contributed by atoms with Crippen LogP contribution in [0.5, 0.6) is 0 Å². The first-order valence-corrected chi connectivity index (χ1v) is 10.2. The van der Waals surface area contributed by atoms with E-state index in [4.69, 9.17) is 4.74 Å². The minimum absolute atomic E-state index is 0.0169. The number of rotatable bonds is 6. The van der Waals surface area contributed by atoms with Crippen molar-refractivity contribution in [2.45, 2.75) is 26.9 Å². The molecule has 164 valence electrons. The van der Waals surface area contributed by atoms with Gasteiger partial charge in [0.2, 0.25) is 0 Å². The van der Waals surface area contributed by atoms with Gasteiger partial charge in [0.15, 0.2) is 0 Å². The molecule has 2 unspecified atom stereocenters. The molecule has 0 aliphatic carbocycles. The Bertz CT molecular complexity index is 963. The van der Waals surface area contributed by atoms with Gasteiger partial charge in [-0.2, -0.15) is 0 Å². The summed E-state index contributed by atoms with van der Waals surface area (Å²) in [5.41, 5.74) is 1.63. The maximum Gasteiger partial charge on any atom is 0.338 e. The van der Waals surface area contributed by atoms with Crippen LogP contribution in [0.25, 0.3) is 0 Å². The Balaban J connectivity index is 1.72. The van der Waals surface area contributed by atoms with E-state index >= 15 is 0 Å². The van der Waals surface area contributed by atoms with Crippen LogP contribution >= 0.6 is 0 Å². The average Bonchev–Trinajstić information content (AvgIpc) is 2.76. The van der Waals surface area contributed by atoms with Crippen LogP contribution in [0.15, 0.2) is 42.5 Å². The SMILES string of the molecule is COC(=O)c1ccc(COC(=O)c2ccc(N3CC(C)CC(C)C3)c([N+](=O)[O-])c2)cc1. The number of piperidine rings is 1. The number of carbonyl (C=O) groups is 2. The van der Waals surface area contributed by atoms with Crippen LogP contribution in [0, 0.1) is 22.0 Å². The molecule has 8 heteroatoms. The highest BCUT2D eigenvalue weighted by atomic mass is 16.6. The van der Waals surface area contributed by atoms with Gasteiger partial charge < -0.3 is 14.4 Å². The summed E-state index contributed by atoms with van der Waals surface area (Å²) < 4.78 is 9.95. The number of anilines is 1. The molecule has 31 heavy (non-hydrogen) atoms. The molecule has 1 heterocycles. The molecule has 2 aromatic rings. The lowest BCUT2D eigenvalue weighted by Crippen LogP contribution is -2.39. The van der Waals surface area contributed by atoms with Crippen molar-refractivity contribution in [3.63, 3.8) is 0 Å². The van der Waals surface area contributed by atoms with Crippen molar-refractivity contribution in [3.8, 4) is 0 Å². The molecule has 8 nitrogen and oxygen atoms in total. The third-order valence-corrected chi connectivity index (χ3v) is 5.36. The zero-order chi connectivity index (χ0) is 22.5. The first-order chi connectivity index (χ1) is 14.8. The first-order valence-electron chi connectivity index (χ1n) is 10.2. The monoisotopic (exact) mass is 426 g/mol. The van der Waals surface area contributed by atoms with Gasteiger partial charge in [0, 0.05) is 19.2 Å². The lowest BCUT2D eigenvalue weighted by atomic mass is 9.91.